The molecule has 0 aliphatic heterocycles. The topological polar surface area (TPSA) is 86.5 Å². The molecule has 1 aromatic carbocycles. The molecule has 1 rings (SSSR count). The highest BCUT2D eigenvalue weighted by Crippen LogP contribution is 2.14. The van der Waals surface area contributed by atoms with Crippen LogP contribution < -0.4 is 5.14 Å². The zero-order valence-corrected chi connectivity index (χ0v) is 12.2. The van der Waals surface area contributed by atoms with Crippen LogP contribution in [0.2, 0.25) is 0 Å². The third-order valence-electron chi connectivity index (χ3n) is 2.59. The van der Waals surface area contributed by atoms with Crippen LogP contribution in [0.5, 0.6) is 0 Å². The number of sulfonamides is 1. The summed E-state index contributed by atoms with van der Waals surface area (Å²) in [6.45, 7) is 4.30. The minimum atomic E-state index is -4.07. The van der Waals surface area contributed by atoms with Crippen LogP contribution in [0.15, 0.2) is 23.1 Å². The van der Waals surface area contributed by atoms with Crippen LogP contribution in [-0.2, 0) is 14.8 Å². The number of hydrogen-bond acceptors (Lipinski definition) is 4. The van der Waals surface area contributed by atoms with E-state index in [0.717, 1.165) is 24.6 Å². The van der Waals surface area contributed by atoms with Gasteiger partial charge in [-0.25, -0.2) is 22.7 Å². The van der Waals surface area contributed by atoms with Gasteiger partial charge in [-0.05, 0) is 37.0 Å². The zero-order chi connectivity index (χ0) is 15.3. The highest BCUT2D eigenvalue weighted by atomic mass is 32.2. The van der Waals surface area contributed by atoms with Gasteiger partial charge in [0.15, 0.2) is 0 Å². The van der Waals surface area contributed by atoms with Crippen molar-refractivity contribution in [3.63, 3.8) is 0 Å². The number of esters is 1. The first kappa shape index (κ1) is 16.6. The Hall–Kier alpha value is -1.47. The van der Waals surface area contributed by atoms with Crippen LogP contribution in [0.3, 0.4) is 0 Å². The number of carbonyl (C=O) groups is 1. The summed E-state index contributed by atoms with van der Waals surface area (Å²) >= 11 is 0. The molecule has 0 aliphatic rings. The summed E-state index contributed by atoms with van der Waals surface area (Å²) in [6, 6.07) is 2.67. The van der Waals surface area contributed by atoms with Crippen molar-refractivity contribution in [1.29, 1.82) is 0 Å². The van der Waals surface area contributed by atoms with Gasteiger partial charge in [0.05, 0.1) is 17.1 Å². The third-order valence-corrected chi connectivity index (χ3v) is 3.49. The molecule has 1 aromatic rings. The van der Waals surface area contributed by atoms with E-state index in [1.165, 1.54) is 0 Å². The lowest BCUT2D eigenvalue weighted by Crippen LogP contribution is -2.14. The Balaban J connectivity index is 2.76. The molecule has 5 nitrogen and oxygen atoms in total. The summed E-state index contributed by atoms with van der Waals surface area (Å²) in [5.74, 6) is -1.12. The van der Waals surface area contributed by atoms with E-state index in [0.29, 0.717) is 12.3 Å². The SMILES string of the molecule is CC(C)CCCOC(=O)c1cc(F)cc(S(N)(=O)=O)c1. The van der Waals surface area contributed by atoms with Crippen LogP contribution in [-0.4, -0.2) is 21.0 Å². The molecule has 0 heterocycles. The number of rotatable bonds is 6. The molecule has 0 saturated heterocycles. The Morgan fingerprint density at radius 3 is 2.55 bits per heavy atom. The van der Waals surface area contributed by atoms with Gasteiger partial charge in [0.1, 0.15) is 5.82 Å². The Morgan fingerprint density at radius 2 is 2.00 bits per heavy atom. The predicted molar refractivity (Wildman–Crippen MR) is 72.1 cm³/mol. The molecule has 0 amide bonds. The first-order valence-electron chi connectivity index (χ1n) is 6.20. The minimum Gasteiger partial charge on any atom is -0.462 e. The summed E-state index contributed by atoms with van der Waals surface area (Å²) in [5.41, 5.74) is -0.168. The van der Waals surface area contributed by atoms with Gasteiger partial charge in [0.25, 0.3) is 0 Å². The number of benzene rings is 1. The molecule has 0 atom stereocenters. The van der Waals surface area contributed by atoms with Crippen LogP contribution in [0.1, 0.15) is 37.0 Å². The first-order valence-corrected chi connectivity index (χ1v) is 7.75. The largest absolute Gasteiger partial charge is 0.462 e. The molecule has 7 heteroatoms. The monoisotopic (exact) mass is 303 g/mol. The van der Waals surface area contributed by atoms with Crippen molar-refractivity contribution in [3.05, 3.63) is 29.6 Å². The van der Waals surface area contributed by atoms with Crippen molar-refractivity contribution in [2.45, 2.75) is 31.6 Å². The quantitative estimate of drug-likeness (QED) is 0.644. The Kier molecular flexibility index (Phi) is 5.64. The maximum atomic E-state index is 13.3. The third kappa shape index (κ3) is 5.26. The molecule has 0 aliphatic carbocycles. The molecule has 0 fully saturated rings. The van der Waals surface area contributed by atoms with E-state index < -0.39 is 26.7 Å². The van der Waals surface area contributed by atoms with E-state index in [1.807, 2.05) is 13.8 Å². The number of hydrogen-bond donors (Lipinski definition) is 1. The van der Waals surface area contributed by atoms with Crippen molar-refractivity contribution < 1.29 is 22.3 Å². The summed E-state index contributed by atoms with van der Waals surface area (Å²) < 4.78 is 40.6. The number of halogens is 1. The Bertz CT molecular complexity index is 584. The average molecular weight is 303 g/mol. The highest BCUT2D eigenvalue weighted by Gasteiger charge is 2.15. The van der Waals surface area contributed by atoms with Gasteiger partial charge in [-0.15, -0.1) is 0 Å². The van der Waals surface area contributed by atoms with Gasteiger partial charge < -0.3 is 4.74 Å². The van der Waals surface area contributed by atoms with Crippen molar-refractivity contribution in [3.8, 4) is 0 Å². The molecule has 20 heavy (non-hydrogen) atoms. The summed E-state index contributed by atoms with van der Waals surface area (Å²) in [5, 5.41) is 4.90. The number of carbonyl (C=O) groups excluding carboxylic acids is 1. The van der Waals surface area contributed by atoms with Gasteiger partial charge in [0.2, 0.25) is 10.0 Å². The second kappa shape index (κ2) is 6.81. The van der Waals surface area contributed by atoms with E-state index in [2.05, 4.69) is 0 Å². The molecule has 0 unspecified atom stereocenters. The predicted octanol–water partition coefficient (Wildman–Crippen LogP) is 2.07. The minimum absolute atomic E-state index is 0.168. The molecule has 0 bridgehead atoms. The molecule has 0 saturated carbocycles. The van der Waals surface area contributed by atoms with Gasteiger partial charge in [0, 0.05) is 0 Å². The fraction of sp³-hybridized carbons (Fsp3) is 0.462. The standard InChI is InChI=1S/C13H18FNO4S/c1-9(2)4-3-5-19-13(16)10-6-11(14)8-12(7-10)20(15,17)18/h6-9H,3-5H2,1-2H3,(H2,15,17,18). The van der Waals surface area contributed by atoms with Crippen LogP contribution in [0, 0.1) is 11.7 Å². The Morgan fingerprint density at radius 1 is 1.35 bits per heavy atom. The molecule has 0 radical (unpaired) electrons. The van der Waals surface area contributed by atoms with E-state index in [1.54, 1.807) is 0 Å². The van der Waals surface area contributed by atoms with E-state index in [4.69, 9.17) is 9.88 Å². The van der Waals surface area contributed by atoms with Crippen molar-refractivity contribution in [2.75, 3.05) is 6.61 Å². The van der Waals surface area contributed by atoms with Gasteiger partial charge >= 0.3 is 5.97 Å². The fourth-order valence-corrected chi connectivity index (χ4v) is 2.15. The molecule has 0 spiro atoms. The maximum absolute atomic E-state index is 13.3. The number of nitrogens with two attached hydrogens (primary N) is 1. The molecular weight excluding hydrogens is 285 g/mol. The lowest BCUT2D eigenvalue weighted by atomic mass is 10.1. The molecule has 0 aromatic heterocycles. The Labute approximate surface area is 118 Å². The second-order valence-electron chi connectivity index (χ2n) is 4.89. The maximum Gasteiger partial charge on any atom is 0.338 e. The van der Waals surface area contributed by atoms with E-state index in [9.17, 15) is 17.6 Å². The zero-order valence-electron chi connectivity index (χ0n) is 11.4. The van der Waals surface area contributed by atoms with Crippen molar-refractivity contribution in [1.82, 2.24) is 0 Å². The highest BCUT2D eigenvalue weighted by molar-refractivity contribution is 7.89. The van der Waals surface area contributed by atoms with Crippen LogP contribution >= 0.6 is 0 Å². The average Bonchev–Trinajstić information content (AvgIpc) is 2.32. The lowest BCUT2D eigenvalue weighted by molar-refractivity contribution is 0.0494. The van der Waals surface area contributed by atoms with Crippen molar-refractivity contribution in [2.24, 2.45) is 11.1 Å². The molecule has 112 valence electrons. The summed E-state index contributed by atoms with van der Waals surface area (Å²) in [7, 11) is -4.07. The lowest BCUT2D eigenvalue weighted by Gasteiger charge is -2.07. The number of ether oxygens (including phenoxy) is 1. The van der Waals surface area contributed by atoms with Crippen LogP contribution in [0.25, 0.3) is 0 Å². The summed E-state index contributed by atoms with van der Waals surface area (Å²) in [4.78, 5) is 11.2. The number of primary sulfonamides is 1. The second-order valence-corrected chi connectivity index (χ2v) is 6.45. The smallest absolute Gasteiger partial charge is 0.338 e. The van der Waals surface area contributed by atoms with Gasteiger partial charge in [-0.2, -0.15) is 0 Å². The van der Waals surface area contributed by atoms with Gasteiger partial charge in [-0.1, -0.05) is 13.8 Å². The normalized spacial score (nSPS) is 11.7. The molecule has 2 N–H and O–H groups in total. The molecular formula is C13H18FNO4S. The fourth-order valence-electron chi connectivity index (χ4n) is 1.58. The van der Waals surface area contributed by atoms with E-state index in [-0.39, 0.29) is 12.2 Å². The first-order chi connectivity index (χ1) is 9.20. The summed E-state index contributed by atoms with van der Waals surface area (Å²) in [6.07, 6.45) is 1.60. The van der Waals surface area contributed by atoms with Crippen LogP contribution in [0.4, 0.5) is 4.39 Å². The van der Waals surface area contributed by atoms with Gasteiger partial charge in [-0.3, -0.25) is 0 Å². The van der Waals surface area contributed by atoms with Crippen molar-refractivity contribution >= 4 is 16.0 Å². The van der Waals surface area contributed by atoms with E-state index >= 15 is 0 Å².